The summed E-state index contributed by atoms with van der Waals surface area (Å²) in [6.07, 6.45) is 0.908. The highest BCUT2D eigenvalue weighted by Gasteiger charge is 2.10. The van der Waals surface area contributed by atoms with E-state index in [1.807, 2.05) is 0 Å². The summed E-state index contributed by atoms with van der Waals surface area (Å²) < 4.78 is 25.9. The van der Waals surface area contributed by atoms with Crippen LogP contribution in [0.4, 0.5) is 8.78 Å². The van der Waals surface area contributed by atoms with Crippen molar-refractivity contribution >= 4 is 0 Å². The number of hydrogen-bond acceptors (Lipinski definition) is 2. The lowest BCUT2D eigenvalue weighted by Crippen LogP contribution is -1.91. The van der Waals surface area contributed by atoms with Crippen molar-refractivity contribution in [3.63, 3.8) is 0 Å². The molecule has 2 nitrogen and oxygen atoms in total. The Morgan fingerprint density at radius 3 is 2.53 bits per heavy atom. The minimum Gasteiger partial charge on any atom is -0.507 e. The maximum atomic E-state index is 13.3. The van der Waals surface area contributed by atoms with E-state index < -0.39 is 11.6 Å². The summed E-state index contributed by atoms with van der Waals surface area (Å²) in [4.78, 5) is 3.60. The summed E-state index contributed by atoms with van der Waals surface area (Å²) in [5, 5.41) is 9.46. The van der Waals surface area contributed by atoms with Crippen LogP contribution in [0, 0.1) is 11.6 Å². The molecule has 0 bridgehead atoms. The lowest BCUT2D eigenvalue weighted by Gasteiger charge is -2.04. The largest absolute Gasteiger partial charge is 0.507 e. The Morgan fingerprint density at radius 2 is 1.87 bits per heavy atom. The molecule has 0 unspecified atom stereocenters. The van der Waals surface area contributed by atoms with Gasteiger partial charge >= 0.3 is 0 Å². The fraction of sp³-hybridized carbons (Fsp3) is 0. The van der Waals surface area contributed by atoms with Crippen molar-refractivity contribution < 1.29 is 13.9 Å². The average Bonchev–Trinajstić information content (AvgIpc) is 2.20. The lowest BCUT2D eigenvalue weighted by atomic mass is 10.1. The normalized spacial score (nSPS) is 10.3. The van der Waals surface area contributed by atoms with Gasteiger partial charge in [0.25, 0.3) is 0 Å². The molecule has 0 spiro atoms. The average molecular weight is 207 g/mol. The number of aromatic nitrogens is 1. The zero-order valence-electron chi connectivity index (χ0n) is 7.61. The predicted octanol–water partition coefficient (Wildman–Crippen LogP) is 2.73. The minimum absolute atomic E-state index is 0.0606. The zero-order valence-corrected chi connectivity index (χ0v) is 7.61. The number of benzene rings is 1. The van der Waals surface area contributed by atoms with E-state index in [0.717, 1.165) is 12.3 Å². The topological polar surface area (TPSA) is 33.1 Å². The second-order valence-corrected chi connectivity index (χ2v) is 3.00. The van der Waals surface area contributed by atoms with Gasteiger partial charge in [-0.05, 0) is 12.1 Å². The molecule has 1 heterocycles. The van der Waals surface area contributed by atoms with Crippen LogP contribution in [-0.4, -0.2) is 10.1 Å². The quantitative estimate of drug-likeness (QED) is 0.779. The monoisotopic (exact) mass is 207 g/mol. The van der Waals surface area contributed by atoms with Gasteiger partial charge in [0.05, 0.1) is 6.20 Å². The number of phenols is 1. The van der Waals surface area contributed by atoms with Crippen molar-refractivity contribution in [2.75, 3.05) is 0 Å². The molecule has 0 atom stereocenters. The Hall–Kier alpha value is -1.97. The van der Waals surface area contributed by atoms with E-state index in [1.165, 1.54) is 12.1 Å². The van der Waals surface area contributed by atoms with Gasteiger partial charge in [0, 0.05) is 11.6 Å². The van der Waals surface area contributed by atoms with E-state index in [9.17, 15) is 13.9 Å². The van der Waals surface area contributed by atoms with Gasteiger partial charge in [-0.2, -0.15) is 0 Å². The molecule has 0 aliphatic heterocycles. The molecule has 1 aromatic heterocycles. The smallest absolute Gasteiger partial charge is 0.152 e. The molecule has 0 saturated heterocycles. The highest BCUT2D eigenvalue weighted by Crippen LogP contribution is 2.28. The second kappa shape index (κ2) is 3.65. The molecule has 2 rings (SSSR count). The lowest BCUT2D eigenvalue weighted by molar-refractivity contribution is 0.476. The van der Waals surface area contributed by atoms with Crippen LogP contribution in [0.3, 0.4) is 0 Å². The first kappa shape index (κ1) is 9.58. The molecule has 15 heavy (non-hydrogen) atoms. The number of aromatic hydroxyl groups is 1. The standard InChI is InChI=1S/C11H7F2NO/c12-7-5-9(13)11(14-6-7)8-3-1-2-4-10(8)15/h1-6,15H. The fourth-order valence-electron chi connectivity index (χ4n) is 1.29. The van der Waals surface area contributed by atoms with Crippen molar-refractivity contribution in [2.45, 2.75) is 0 Å². The van der Waals surface area contributed by atoms with Gasteiger partial charge in [0.1, 0.15) is 17.3 Å². The van der Waals surface area contributed by atoms with Gasteiger partial charge in [-0.1, -0.05) is 12.1 Å². The molecule has 0 radical (unpaired) electrons. The first-order valence-electron chi connectivity index (χ1n) is 4.28. The summed E-state index contributed by atoms with van der Waals surface area (Å²) in [7, 11) is 0. The third kappa shape index (κ3) is 1.79. The third-order valence-electron chi connectivity index (χ3n) is 1.97. The van der Waals surface area contributed by atoms with Gasteiger partial charge < -0.3 is 5.11 Å². The molecule has 1 aromatic carbocycles. The number of rotatable bonds is 1. The Bertz CT molecular complexity index is 500. The van der Waals surface area contributed by atoms with E-state index in [4.69, 9.17) is 0 Å². The fourth-order valence-corrected chi connectivity index (χ4v) is 1.29. The van der Waals surface area contributed by atoms with Gasteiger partial charge in [0.2, 0.25) is 0 Å². The zero-order chi connectivity index (χ0) is 10.8. The maximum Gasteiger partial charge on any atom is 0.152 e. The van der Waals surface area contributed by atoms with E-state index in [-0.39, 0.29) is 17.0 Å². The molecule has 4 heteroatoms. The highest BCUT2D eigenvalue weighted by atomic mass is 19.1. The second-order valence-electron chi connectivity index (χ2n) is 3.00. The van der Waals surface area contributed by atoms with Gasteiger partial charge in [-0.25, -0.2) is 13.8 Å². The molecular formula is C11H7F2NO. The molecule has 0 amide bonds. The molecule has 0 aliphatic carbocycles. The Kier molecular flexibility index (Phi) is 2.33. The molecule has 0 saturated carbocycles. The Labute approximate surface area is 84.8 Å². The van der Waals surface area contributed by atoms with Crippen molar-refractivity contribution in [1.29, 1.82) is 0 Å². The number of phenolic OH excluding ortho intramolecular Hbond substituents is 1. The van der Waals surface area contributed by atoms with Crippen molar-refractivity contribution in [1.82, 2.24) is 4.98 Å². The Morgan fingerprint density at radius 1 is 1.13 bits per heavy atom. The van der Waals surface area contributed by atoms with Crippen LogP contribution < -0.4 is 0 Å². The van der Waals surface area contributed by atoms with Crippen LogP contribution in [0.1, 0.15) is 0 Å². The molecule has 2 aromatic rings. The van der Waals surface area contributed by atoms with Gasteiger partial charge in [0.15, 0.2) is 5.82 Å². The molecule has 1 N–H and O–H groups in total. The summed E-state index contributed by atoms with van der Waals surface area (Å²) in [5.74, 6) is -1.63. The highest BCUT2D eigenvalue weighted by molar-refractivity contribution is 5.66. The first-order valence-corrected chi connectivity index (χ1v) is 4.28. The van der Waals surface area contributed by atoms with Crippen molar-refractivity contribution in [3.8, 4) is 17.0 Å². The summed E-state index contributed by atoms with van der Waals surface area (Å²) in [6, 6.07) is 6.91. The molecule has 76 valence electrons. The van der Waals surface area contributed by atoms with Gasteiger partial charge in [-0.3, -0.25) is 0 Å². The number of pyridine rings is 1. The third-order valence-corrected chi connectivity index (χ3v) is 1.97. The summed E-state index contributed by atoms with van der Waals surface area (Å²) >= 11 is 0. The maximum absolute atomic E-state index is 13.3. The van der Waals surface area contributed by atoms with Crippen LogP contribution in [-0.2, 0) is 0 Å². The Balaban J connectivity index is 2.60. The van der Waals surface area contributed by atoms with Crippen LogP contribution in [0.25, 0.3) is 11.3 Å². The van der Waals surface area contributed by atoms with E-state index in [2.05, 4.69) is 4.98 Å². The number of hydrogen-bond donors (Lipinski definition) is 1. The number of para-hydroxylation sites is 1. The van der Waals surface area contributed by atoms with Crippen LogP contribution in [0.15, 0.2) is 36.5 Å². The van der Waals surface area contributed by atoms with Crippen molar-refractivity contribution in [3.05, 3.63) is 48.2 Å². The van der Waals surface area contributed by atoms with Crippen LogP contribution in [0.2, 0.25) is 0 Å². The minimum atomic E-state index is -0.795. The van der Waals surface area contributed by atoms with Crippen LogP contribution in [0.5, 0.6) is 5.75 Å². The summed E-state index contributed by atoms with van der Waals surface area (Å²) in [5.41, 5.74) is 0.185. The van der Waals surface area contributed by atoms with Crippen LogP contribution >= 0.6 is 0 Å². The molecular weight excluding hydrogens is 200 g/mol. The number of nitrogens with zero attached hydrogens (tertiary/aromatic N) is 1. The van der Waals surface area contributed by atoms with Crippen molar-refractivity contribution in [2.24, 2.45) is 0 Å². The SMILES string of the molecule is Oc1ccccc1-c1ncc(F)cc1F. The van der Waals surface area contributed by atoms with E-state index >= 15 is 0 Å². The number of halogens is 2. The van der Waals surface area contributed by atoms with E-state index in [0.29, 0.717) is 0 Å². The summed E-state index contributed by atoms with van der Waals surface area (Å²) in [6.45, 7) is 0. The van der Waals surface area contributed by atoms with E-state index in [1.54, 1.807) is 12.1 Å². The molecule has 0 aliphatic rings. The molecule has 0 fully saturated rings. The van der Waals surface area contributed by atoms with Gasteiger partial charge in [-0.15, -0.1) is 0 Å². The first-order chi connectivity index (χ1) is 7.18. The predicted molar refractivity (Wildman–Crippen MR) is 51.3 cm³/mol.